The highest BCUT2D eigenvalue weighted by molar-refractivity contribution is 6.99. The van der Waals surface area contributed by atoms with E-state index in [1.165, 1.54) is 4.90 Å². The number of carbonyl (C=O) groups is 5. The fraction of sp³-hybridized carbons (Fsp3) is 0.444. The van der Waals surface area contributed by atoms with Crippen LogP contribution in [0, 0.1) is 0 Å². The van der Waals surface area contributed by atoms with E-state index < -0.39 is 55.8 Å². The van der Waals surface area contributed by atoms with E-state index in [4.69, 9.17) is 16.0 Å². The van der Waals surface area contributed by atoms with Gasteiger partial charge in [-0.2, -0.15) is 0 Å². The van der Waals surface area contributed by atoms with Gasteiger partial charge in [-0.05, 0) is 91.6 Å². The van der Waals surface area contributed by atoms with Crippen LogP contribution in [0.1, 0.15) is 85.6 Å². The lowest BCUT2D eigenvalue weighted by molar-refractivity contribution is -0.144. The summed E-state index contributed by atoms with van der Waals surface area (Å²) < 4.78 is 6.97. The Morgan fingerprint density at radius 2 is 1.54 bits per heavy atom. The first kappa shape index (κ1) is 43.5. The van der Waals surface area contributed by atoms with Crippen LogP contribution in [0.3, 0.4) is 0 Å². The Hall–Kier alpha value is -4.58. The lowest BCUT2D eigenvalue weighted by Crippen LogP contribution is -2.68. The van der Waals surface area contributed by atoms with Crippen LogP contribution in [0.2, 0.25) is 10.1 Å². The van der Waals surface area contributed by atoms with E-state index >= 15 is 0 Å². The van der Waals surface area contributed by atoms with Crippen LogP contribution in [0.25, 0.3) is 0 Å². The Kier molecular flexibility index (Phi) is 14.3. The number of carbonyl (C=O) groups excluding carboxylic acids is 5. The highest BCUT2D eigenvalue weighted by Crippen LogP contribution is 2.37. The van der Waals surface area contributed by atoms with Gasteiger partial charge >= 0.3 is 0 Å². The number of halogens is 1. The van der Waals surface area contributed by atoms with Gasteiger partial charge < -0.3 is 25.3 Å². The van der Waals surface area contributed by atoms with Crippen LogP contribution in [0.5, 0.6) is 0 Å². The first-order chi connectivity index (χ1) is 27.1. The molecule has 5 rings (SSSR count). The highest BCUT2D eigenvalue weighted by Gasteiger charge is 2.51. The van der Waals surface area contributed by atoms with Gasteiger partial charge in [0, 0.05) is 18.0 Å². The molecule has 0 aliphatic carbocycles. The molecule has 5 atom stereocenters. The molecule has 12 heteroatoms. The number of ketones is 1. The first-order valence-electron chi connectivity index (χ1n) is 20.1. The quantitative estimate of drug-likeness (QED) is 0.120. The van der Waals surface area contributed by atoms with Crippen LogP contribution in [-0.4, -0.2) is 78.9 Å². The average molecular weight is 814 g/mol. The molecule has 57 heavy (non-hydrogen) atoms. The molecule has 0 spiro atoms. The minimum absolute atomic E-state index is 0.162. The Morgan fingerprint density at radius 1 is 0.930 bits per heavy atom. The zero-order valence-corrected chi connectivity index (χ0v) is 35.7. The molecular weight excluding hydrogens is 756 g/mol. The van der Waals surface area contributed by atoms with E-state index in [9.17, 15) is 24.0 Å². The molecule has 2 fully saturated rings. The lowest BCUT2D eigenvalue weighted by atomic mass is 9.94. The van der Waals surface area contributed by atoms with Gasteiger partial charge in [0.25, 0.3) is 8.32 Å². The molecule has 3 aromatic carbocycles. The molecule has 3 N–H and O–H groups in total. The standard InChI is InChI=1S/C45H57ClN4O6Si/c1-7-45(6)43(55)48-37(30-32-25-27-33(46)28-26-32)42(54)50-29-17-23-38(50)41(53)47-36(40(52)49-45)22-15-10-16-24-39(51)31(2)56-57(44(3,4)5,34-18-11-8-12-19-34)35-20-13-9-14-21-35/h8-9,11-14,16,18-21,24-28,31,36-38H,7,10,15,17,22-23,29-30H2,1-6H3,(H,47,53)(H,48,55)(H,49,52)/b24-16+/t31-,36-,37-,38+,45-/m0/s1. The number of nitrogens with one attached hydrogen (secondary N) is 3. The largest absolute Gasteiger partial charge is 0.397 e. The third kappa shape index (κ3) is 10.1. The second kappa shape index (κ2) is 18.8. The number of rotatable bonds is 13. The molecule has 0 radical (unpaired) electrons. The Balaban J connectivity index is 1.28. The van der Waals surface area contributed by atoms with Crippen molar-refractivity contribution >= 4 is 59.7 Å². The van der Waals surface area contributed by atoms with Gasteiger partial charge in [0.1, 0.15) is 29.8 Å². The lowest BCUT2D eigenvalue weighted by Gasteiger charge is -2.44. The van der Waals surface area contributed by atoms with Crippen LogP contribution in [0.4, 0.5) is 0 Å². The van der Waals surface area contributed by atoms with Crippen molar-refractivity contribution in [3.8, 4) is 0 Å². The smallest absolute Gasteiger partial charge is 0.262 e. The monoisotopic (exact) mass is 812 g/mol. The number of benzene rings is 3. The molecule has 2 aliphatic heterocycles. The number of fused-ring (bicyclic) bond motifs is 1. The Labute approximate surface area is 343 Å². The minimum atomic E-state index is -2.94. The van der Waals surface area contributed by atoms with Gasteiger partial charge in [-0.3, -0.25) is 24.0 Å². The van der Waals surface area contributed by atoms with Crippen molar-refractivity contribution in [2.75, 3.05) is 6.54 Å². The van der Waals surface area contributed by atoms with Gasteiger partial charge in [-0.25, -0.2) is 0 Å². The second-order valence-electron chi connectivity index (χ2n) is 16.4. The highest BCUT2D eigenvalue weighted by atomic mass is 35.5. The maximum Gasteiger partial charge on any atom is 0.262 e. The number of unbranched alkanes of at least 4 members (excludes halogenated alkanes) is 1. The minimum Gasteiger partial charge on any atom is -0.397 e. The molecule has 2 heterocycles. The molecule has 2 aliphatic rings. The summed E-state index contributed by atoms with van der Waals surface area (Å²) in [7, 11) is -2.94. The van der Waals surface area contributed by atoms with Crippen molar-refractivity contribution in [3.05, 3.63) is 108 Å². The Morgan fingerprint density at radius 3 is 2.12 bits per heavy atom. The van der Waals surface area contributed by atoms with E-state index in [-0.39, 0.29) is 36.0 Å². The van der Waals surface area contributed by atoms with Gasteiger partial charge in [0.2, 0.25) is 23.6 Å². The number of hydrogen-bond donors (Lipinski definition) is 3. The van der Waals surface area contributed by atoms with Crippen molar-refractivity contribution < 1.29 is 28.4 Å². The van der Waals surface area contributed by atoms with Crippen molar-refractivity contribution in [1.29, 1.82) is 0 Å². The fourth-order valence-corrected chi connectivity index (χ4v) is 12.7. The van der Waals surface area contributed by atoms with Gasteiger partial charge in [-0.15, -0.1) is 0 Å². The summed E-state index contributed by atoms with van der Waals surface area (Å²) in [6, 6.07) is 24.7. The summed E-state index contributed by atoms with van der Waals surface area (Å²) >= 11 is 6.09. The molecule has 2 saturated heterocycles. The average Bonchev–Trinajstić information content (AvgIpc) is 3.69. The molecule has 4 amide bonds. The predicted molar refractivity (Wildman–Crippen MR) is 227 cm³/mol. The van der Waals surface area contributed by atoms with E-state index in [0.29, 0.717) is 37.3 Å². The first-order valence-corrected chi connectivity index (χ1v) is 22.4. The van der Waals surface area contributed by atoms with Crippen molar-refractivity contribution in [1.82, 2.24) is 20.9 Å². The summed E-state index contributed by atoms with van der Waals surface area (Å²) in [6.07, 6.45) is 5.30. The summed E-state index contributed by atoms with van der Waals surface area (Å²) in [5, 5.41) is 11.2. The molecular formula is C45H57ClN4O6Si. The van der Waals surface area contributed by atoms with Crippen LogP contribution >= 0.6 is 11.6 Å². The van der Waals surface area contributed by atoms with Crippen LogP contribution < -0.4 is 26.3 Å². The molecule has 0 aromatic heterocycles. The number of amides is 4. The van der Waals surface area contributed by atoms with Crippen molar-refractivity contribution in [2.24, 2.45) is 0 Å². The van der Waals surface area contributed by atoms with Gasteiger partial charge in [-0.1, -0.05) is 118 Å². The zero-order chi connectivity index (χ0) is 41.4. The summed E-state index contributed by atoms with van der Waals surface area (Å²) in [5.41, 5.74) is -0.556. The molecule has 304 valence electrons. The SMILES string of the molecule is CC[C@]1(C)NC(=O)[C@H](CCC/C=C/C(=O)[C@H](C)O[Si](c2ccccc2)(c2ccccc2)C(C)(C)C)NC(=O)[C@H]2CCCN2C(=O)[C@H](Cc2ccc(Cl)cc2)NC1=O. The van der Waals surface area contributed by atoms with Crippen LogP contribution in [0.15, 0.2) is 97.1 Å². The van der Waals surface area contributed by atoms with E-state index in [0.717, 1.165) is 15.9 Å². The number of allylic oxidation sites excluding steroid dienone is 1. The summed E-state index contributed by atoms with van der Waals surface area (Å²) in [5.74, 6) is -1.88. The fourth-order valence-electron chi connectivity index (χ4n) is 7.87. The van der Waals surface area contributed by atoms with Crippen LogP contribution in [-0.2, 0) is 34.8 Å². The maximum atomic E-state index is 14.0. The van der Waals surface area contributed by atoms with Crippen molar-refractivity contribution in [3.63, 3.8) is 0 Å². The summed E-state index contributed by atoms with van der Waals surface area (Å²) in [6.45, 7) is 12.1. The zero-order valence-electron chi connectivity index (χ0n) is 34.0. The van der Waals surface area contributed by atoms with Crippen molar-refractivity contribution in [2.45, 2.75) is 121 Å². The number of nitrogens with zero attached hydrogens (tertiary/aromatic N) is 1. The predicted octanol–water partition coefficient (Wildman–Crippen LogP) is 5.40. The second-order valence-corrected chi connectivity index (χ2v) is 21.1. The summed E-state index contributed by atoms with van der Waals surface area (Å²) in [4.78, 5) is 70.7. The normalized spacial score (nSPS) is 22.9. The van der Waals surface area contributed by atoms with Gasteiger partial charge in [0.05, 0.1) is 0 Å². The topological polar surface area (TPSA) is 134 Å². The molecule has 3 aromatic rings. The molecule has 0 unspecified atom stereocenters. The Bertz CT molecular complexity index is 1880. The van der Waals surface area contributed by atoms with E-state index in [2.05, 4.69) is 61.0 Å². The number of hydrogen-bond acceptors (Lipinski definition) is 6. The third-order valence-electron chi connectivity index (χ3n) is 11.4. The third-order valence-corrected chi connectivity index (χ3v) is 16.7. The van der Waals surface area contributed by atoms with Gasteiger partial charge in [0.15, 0.2) is 5.78 Å². The molecule has 10 nitrogen and oxygen atoms in total. The van der Waals surface area contributed by atoms with E-state index in [1.54, 1.807) is 57.2 Å². The molecule has 0 bridgehead atoms. The molecule has 0 saturated carbocycles. The maximum absolute atomic E-state index is 14.0. The van der Waals surface area contributed by atoms with E-state index in [1.807, 2.05) is 36.4 Å².